The molecule has 1 aromatic rings. The number of hydrogen-bond acceptors (Lipinski definition) is 4. The number of nitrogens with zero attached hydrogens (tertiary/aromatic N) is 1. The number of benzene rings is 1. The monoisotopic (exact) mass is 279 g/mol. The Morgan fingerprint density at radius 3 is 2.21 bits per heavy atom. The summed E-state index contributed by atoms with van der Waals surface area (Å²) in [5.41, 5.74) is -0.178. The third-order valence-corrected chi connectivity index (χ3v) is 4.65. The van der Waals surface area contributed by atoms with Gasteiger partial charge in [0.15, 0.2) is 15.6 Å². The Kier molecular flexibility index (Phi) is 4.48. The van der Waals surface area contributed by atoms with Gasteiger partial charge in [-0.2, -0.15) is 5.26 Å². The minimum atomic E-state index is -3.41. The van der Waals surface area contributed by atoms with Crippen molar-refractivity contribution in [2.24, 2.45) is 5.41 Å². The van der Waals surface area contributed by atoms with Gasteiger partial charge in [-0.05, 0) is 39.3 Å². The molecule has 0 aliphatic rings. The molecule has 0 unspecified atom stereocenters. The molecule has 0 N–H and O–H groups in total. The molecule has 0 atom stereocenters. The minimum Gasteiger partial charge on any atom is -0.295 e. The summed E-state index contributed by atoms with van der Waals surface area (Å²) < 4.78 is 24.2. The molecular formula is C14H17NO3S. The number of carbonyl (C=O) groups is 1. The zero-order chi connectivity index (χ0) is 14.7. The van der Waals surface area contributed by atoms with Crippen molar-refractivity contribution in [2.45, 2.75) is 32.1 Å². The number of nitriles is 1. The van der Waals surface area contributed by atoms with E-state index in [2.05, 4.69) is 6.07 Å². The van der Waals surface area contributed by atoms with Crippen molar-refractivity contribution in [2.75, 3.05) is 5.75 Å². The highest BCUT2D eigenvalue weighted by Crippen LogP contribution is 2.22. The first-order valence-corrected chi connectivity index (χ1v) is 7.58. The largest absolute Gasteiger partial charge is 0.295 e. The Morgan fingerprint density at radius 1 is 1.26 bits per heavy atom. The van der Waals surface area contributed by atoms with E-state index in [0.717, 1.165) is 0 Å². The molecule has 0 aliphatic carbocycles. The lowest BCUT2D eigenvalue weighted by molar-refractivity contribution is 0.101. The van der Waals surface area contributed by atoms with E-state index in [-0.39, 0.29) is 22.9 Å². The topological polar surface area (TPSA) is 75.0 Å². The van der Waals surface area contributed by atoms with Crippen LogP contribution in [0.3, 0.4) is 0 Å². The molecule has 0 aliphatic heterocycles. The molecule has 102 valence electrons. The maximum absolute atomic E-state index is 12.1. The summed E-state index contributed by atoms with van der Waals surface area (Å²) in [5, 5.41) is 8.88. The van der Waals surface area contributed by atoms with Gasteiger partial charge < -0.3 is 0 Å². The lowest BCUT2D eigenvalue weighted by Gasteiger charge is -2.14. The van der Waals surface area contributed by atoms with Crippen LogP contribution >= 0.6 is 0 Å². The molecule has 1 aromatic carbocycles. The van der Waals surface area contributed by atoms with E-state index in [4.69, 9.17) is 5.26 Å². The normalized spacial score (nSPS) is 11.9. The highest BCUT2D eigenvalue weighted by atomic mass is 32.2. The van der Waals surface area contributed by atoms with Crippen molar-refractivity contribution in [3.05, 3.63) is 29.8 Å². The molecule has 0 fully saturated rings. The van der Waals surface area contributed by atoms with Crippen molar-refractivity contribution in [1.29, 1.82) is 5.26 Å². The van der Waals surface area contributed by atoms with Gasteiger partial charge in [-0.25, -0.2) is 8.42 Å². The standard InChI is InChI=1S/C14H17NO3S/c1-11(16)12-4-6-13(7-5-12)19(17,18)9-8-14(2,3)10-15/h4-7H,8-9H2,1-3H3. The van der Waals surface area contributed by atoms with Crippen LogP contribution in [0.5, 0.6) is 0 Å². The lowest BCUT2D eigenvalue weighted by Crippen LogP contribution is -2.16. The predicted molar refractivity (Wildman–Crippen MR) is 72.5 cm³/mol. The number of Topliss-reactive ketones (excluding diaryl/α,β-unsaturated/α-hetero) is 1. The third-order valence-electron chi connectivity index (χ3n) is 2.92. The highest BCUT2D eigenvalue weighted by molar-refractivity contribution is 7.91. The van der Waals surface area contributed by atoms with Crippen molar-refractivity contribution in [3.63, 3.8) is 0 Å². The number of rotatable bonds is 5. The molecule has 0 spiro atoms. The summed E-state index contributed by atoms with van der Waals surface area (Å²) in [5.74, 6) is -0.179. The van der Waals surface area contributed by atoms with Crippen LogP contribution in [0.2, 0.25) is 0 Å². The summed E-state index contributed by atoms with van der Waals surface area (Å²) >= 11 is 0. The Balaban J connectivity index is 2.90. The van der Waals surface area contributed by atoms with Gasteiger partial charge in [-0.1, -0.05) is 12.1 Å². The molecule has 19 heavy (non-hydrogen) atoms. The smallest absolute Gasteiger partial charge is 0.178 e. The first kappa shape index (κ1) is 15.4. The van der Waals surface area contributed by atoms with E-state index in [1.807, 2.05) is 0 Å². The Labute approximate surface area is 114 Å². The molecule has 0 radical (unpaired) electrons. The molecule has 1 rings (SSSR count). The summed E-state index contributed by atoms with van der Waals surface area (Å²) in [7, 11) is -3.41. The SMILES string of the molecule is CC(=O)c1ccc(S(=O)(=O)CCC(C)(C)C#N)cc1. The second kappa shape index (κ2) is 5.54. The molecule has 0 bridgehead atoms. The van der Waals surface area contributed by atoms with Crippen LogP contribution in [0.4, 0.5) is 0 Å². The predicted octanol–water partition coefficient (Wildman–Crippen LogP) is 2.60. The summed E-state index contributed by atoms with van der Waals surface area (Å²) in [6, 6.07) is 7.96. The molecule has 0 saturated heterocycles. The van der Waals surface area contributed by atoms with Crippen LogP contribution in [0.25, 0.3) is 0 Å². The second-order valence-electron chi connectivity index (χ2n) is 5.15. The zero-order valence-corrected chi connectivity index (χ0v) is 12.1. The number of ketones is 1. The number of carbonyl (C=O) groups excluding carboxylic acids is 1. The summed E-state index contributed by atoms with van der Waals surface area (Å²) in [4.78, 5) is 11.3. The van der Waals surface area contributed by atoms with Crippen molar-refractivity contribution >= 4 is 15.6 Å². The fourth-order valence-electron chi connectivity index (χ4n) is 1.46. The van der Waals surface area contributed by atoms with E-state index in [1.165, 1.54) is 31.2 Å². The van der Waals surface area contributed by atoms with Crippen LogP contribution in [0.1, 0.15) is 37.6 Å². The Bertz CT molecular complexity index is 607. The van der Waals surface area contributed by atoms with Crippen LogP contribution < -0.4 is 0 Å². The van der Waals surface area contributed by atoms with Gasteiger partial charge in [0.05, 0.1) is 22.1 Å². The van der Waals surface area contributed by atoms with Crippen LogP contribution in [0, 0.1) is 16.7 Å². The van der Waals surface area contributed by atoms with Gasteiger partial charge in [0.2, 0.25) is 0 Å². The van der Waals surface area contributed by atoms with Crippen molar-refractivity contribution in [1.82, 2.24) is 0 Å². The van der Waals surface area contributed by atoms with E-state index < -0.39 is 15.3 Å². The lowest BCUT2D eigenvalue weighted by atomic mass is 9.93. The first-order chi connectivity index (χ1) is 8.68. The summed E-state index contributed by atoms with van der Waals surface area (Å²) in [6.07, 6.45) is 0.278. The minimum absolute atomic E-state index is 0.0764. The average molecular weight is 279 g/mol. The van der Waals surface area contributed by atoms with Gasteiger partial charge in [0.25, 0.3) is 0 Å². The van der Waals surface area contributed by atoms with Crippen LogP contribution in [0.15, 0.2) is 29.2 Å². The van der Waals surface area contributed by atoms with Crippen LogP contribution in [-0.4, -0.2) is 20.0 Å². The molecule has 0 saturated carbocycles. The van der Waals surface area contributed by atoms with Gasteiger partial charge in [-0.15, -0.1) is 0 Å². The van der Waals surface area contributed by atoms with E-state index in [9.17, 15) is 13.2 Å². The zero-order valence-electron chi connectivity index (χ0n) is 11.3. The maximum atomic E-state index is 12.1. The Morgan fingerprint density at radius 2 is 1.79 bits per heavy atom. The van der Waals surface area contributed by atoms with Gasteiger partial charge >= 0.3 is 0 Å². The molecule has 0 amide bonds. The Hall–Kier alpha value is -1.67. The van der Waals surface area contributed by atoms with Gasteiger partial charge in [0, 0.05) is 5.56 Å². The molecule has 5 heteroatoms. The van der Waals surface area contributed by atoms with Crippen LogP contribution in [-0.2, 0) is 9.84 Å². The number of hydrogen-bond donors (Lipinski definition) is 0. The fraction of sp³-hybridized carbons (Fsp3) is 0.429. The van der Waals surface area contributed by atoms with Gasteiger partial charge in [0.1, 0.15) is 0 Å². The van der Waals surface area contributed by atoms with Gasteiger partial charge in [-0.3, -0.25) is 4.79 Å². The second-order valence-corrected chi connectivity index (χ2v) is 7.25. The summed E-state index contributed by atoms with van der Waals surface area (Å²) in [6.45, 7) is 4.85. The molecular weight excluding hydrogens is 262 g/mol. The van der Waals surface area contributed by atoms with E-state index in [1.54, 1.807) is 13.8 Å². The molecule has 0 aromatic heterocycles. The van der Waals surface area contributed by atoms with Crippen molar-refractivity contribution < 1.29 is 13.2 Å². The van der Waals surface area contributed by atoms with E-state index in [0.29, 0.717) is 5.56 Å². The third kappa shape index (κ3) is 4.18. The number of sulfone groups is 1. The quantitative estimate of drug-likeness (QED) is 0.776. The fourth-order valence-corrected chi connectivity index (χ4v) is 3.03. The maximum Gasteiger partial charge on any atom is 0.178 e. The van der Waals surface area contributed by atoms with E-state index >= 15 is 0 Å². The first-order valence-electron chi connectivity index (χ1n) is 5.93. The average Bonchev–Trinajstić information content (AvgIpc) is 2.37. The molecule has 4 nitrogen and oxygen atoms in total. The van der Waals surface area contributed by atoms with Crippen molar-refractivity contribution in [3.8, 4) is 6.07 Å². The highest BCUT2D eigenvalue weighted by Gasteiger charge is 2.22. The molecule has 0 heterocycles.